The van der Waals surface area contributed by atoms with E-state index in [0.717, 1.165) is 29.3 Å². The van der Waals surface area contributed by atoms with Gasteiger partial charge in [0.1, 0.15) is 11.2 Å². The molecule has 0 saturated carbocycles. The Morgan fingerprint density at radius 3 is 2.84 bits per heavy atom. The zero-order chi connectivity index (χ0) is 13.8. The van der Waals surface area contributed by atoms with Gasteiger partial charge in [0.15, 0.2) is 0 Å². The number of nitrogens with one attached hydrogen (secondary N) is 1. The Hall–Kier alpha value is -2.04. The van der Waals surface area contributed by atoms with E-state index in [9.17, 15) is 4.79 Å². The minimum Gasteiger partial charge on any atom is -0.479 e. The number of aromatic nitrogens is 2. The van der Waals surface area contributed by atoms with Gasteiger partial charge in [-0.25, -0.2) is 9.78 Å². The first-order chi connectivity index (χ1) is 9.21. The van der Waals surface area contributed by atoms with E-state index < -0.39 is 0 Å². The van der Waals surface area contributed by atoms with Crippen molar-refractivity contribution in [2.24, 2.45) is 0 Å². The fourth-order valence-corrected chi connectivity index (χ4v) is 2.09. The van der Waals surface area contributed by atoms with Crippen molar-refractivity contribution >= 4 is 16.9 Å². The van der Waals surface area contributed by atoms with Crippen molar-refractivity contribution in [1.29, 1.82) is 0 Å². The number of carbonyl (C=O) groups excluding carboxylic acids is 1. The SMILES string of the molecule is CCCc1cnc(OC)c2[nH]c(C(=O)OCC)cc12. The average Bonchev–Trinajstić information content (AvgIpc) is 2.85. The van der Waals surface area contributed by atoms with E-state index in [1.54, 1.807) is 20.2 Å². The molecule has 0 aliphatic heterocycles. The number of rotatable bonds is 5. The molecule has 0 aliphatic carbocycles. The standard InChI is InChI=1S/C14H18N2O3/c1-4-6-9-8-15-13(18-3)12-10(9)7-11(16-12)14(17)19-5-2/h7-8,16H,4-6H2,1-3H3. The number of H-pyrrole nitrogens is 1. The highest BCUT2D eigenvalue weighted by atomic mass is 16.5. The lowest BCUT2D eigenvalue weighted by atomic mass is 10.1. The molecule has 1 N–H and O–H groups in total. The van der Waals surface area contributed by atoms with Crippen molar-refractivity contribution in [3.63, 3.8) is 0 Å². The monoisotopic (exact) mass is 262 g/mol. The number of ether oxygens (including phenoxy) is 2. The molecule has 0 fully saturated rings. The normalized spacial score (nSPS) is 10.7. The highest BCUT2D eigenvalue weighted by molar-refractivity contribution is 5.97. The van der Waals surface area contributed by atoms with E-state index in [2.05, 4.69) is 16.9 Å². The van der Waals surface area contributed by atoms with Crippen LogP contribution in [0, 0.1) is 0 Å². The lowest BCUT2D eigenvalue weighted by molar-refractivity contribution is 0.0520. The molecule has 0 amide bonds. The van der Waals surface area contributed by atoms with Gasteiger partial charge in [-0.1, -0.05) is 13.3 Å². The summed E-state index contributed by atoms with van der Waals surface area (Å²) in [6.07, 6.45) is 3.73. The third-order valence-corrected chi connectivity index (χ3v) is 2.92. The lowest BCUT2D eigenvalue weighted by Crippen LogP contribution is -2.04. The van der Waals surface area contributed by atoms with Gasteiger partial charge in [0.25, 0.3) is 0 Å². The third-order valence-electron chi connectivity index (χ3n) is 2.92. The van der Waals surface area contributed by atoms with Gasteiger partial charge in [0.2, 0.25) is 5.88 Å². The first kappa shape index (κ1) is 13.4. The summed E-state index contributed by atoms with van der Waals surface area (Å²) in [6, 6.07) is 1.81. The van der Waals surface area contributed by atoms with Gasteiger partial charge in [0.05, 0.1) is 13.7 Å². The Morgan fingerprint density at radius 2 is 2.21 bits per heavy atom. The maximum absolute atomic E-state index is 11.8. The van der Waals surface area contributed by atoms with E-state index in [1.165, 1.54) is 0 Å². The number of hydrogen-bond donors (Lipinski definition) is 1. The number of pyridine rings is 1. The number of aromatic amines is 1. The van der Waals surface area contributed by atoms with E-state index in [1.807, 2.05) is 6.07 Å². The molecule has 5 heteroatoms. The van der Waals surface area contributed by atoms with Gasteiger partial charge in [-0.2, -0.15) is 0 Å². The Morgan fingerprint density at radius 1 is 1.42 bits per heavy atom. The molecule has 19 heavy (non-hydrogen) atoms. The molecule has 2 rings (SSSR count). The Kier molecular flexibility index (Phi) is 4.04. The van der Waals surface area contributed by atoms with Crippen molar-refractivity contribution in [3.8, 4) is 5.88 Å². The van der Waals surface area contributed by atoms with Crippen molar-refractivity contribution in [3.05, 3.63) is 23.5 Å². The maximum atomic E-state index is 11.8. The van der Waals surface area contributed by atoms with Crippen LogP contribution in [-0.2, 0) is 11.2 Å². The zero-order valence-corrected chi connectivity index (χ0v) is 11.4. The molecule has 0 saturated heterocycles. The summed E-state index contributed by atoms with van der Waals surface area (Å²) in [5.74, 6) is 0.133. The highest BCUT2D eigenvalue weighted by Gasteiger charge is 2.16. The summed E-state index contributed by atoms with van der Waals surface area (Å²) in [7, 11) is 1.56. The fraction of sp³-hybridized carbons (Fsp3) is 0.429. The summed E-state index contributed by atoms with van der Waals surface area (Å²) in [6.45, 7) is 4.24. The quantitative estimate of drug-likeness (QED) is 0.841. The predicted molar refractivity (Wildman–Crippen MR) is 72.6 cm³/mol. The minimum atomic E-state index is -0.358. The largest absolute Gasteiger partial charge is 0.479 e. The Balaban J connectivity index is 2.54. The third kappa shape index (κ3) is 2.54. The van der Waals surface area contributed by atoms with Gasteiger partial charge in [-0.3, -0.25) is 0 Å². The van der Waals surface area contributed by atoms with Gasteiger partial charge < -0.3 is 14.5 Å². The van der Waals surface area contributed by atoms with E-state index in [4.69, 9.17) is 9.47 Å². The number of esters is 1. The van der Waals surface area contributed by atoms with Gasteiger partial charge >= 0.3 is 5.97 Å². The van der Waals surface area contributed by atoms with E-state index >= 15 is 0 Å². The van der Waals surface area contributed by atoms with Crippen molar-refractivity contribution in [1.82, 2.24) is 9.97 Å². The molecule has 0 spiro atoms. The van der Waals surface area contributed by atoms with Gasteiger partial charge in [-0.05, 0) is 25.0 Å². The van der Waals surface area contributed by atoms with Crippen LogP contribution in [0.1, 0.15) is 36.3 Å². The molecule has 0 bridgehead atoms. The van der Waals surface area contributed by atoms with Crippen LogP contribution in [0.25, 0.3) is 10.9 Å². The number of nitrogens with zero attached hydrogens (tertiary/aromatic N) is 1. The summed E-state index contributed by atoms with van der Waals surface area (Å²) in [5, 5.41) is 0.969. The fourth-order valence-electron chi connectivity index (χ4n) is 2.09. The van der Waals surface area contributed by atoms with Crippen LogP contribution in [0.5, 0.6) is 5.88 Å². The van der Waals surface area contributed by atoms with Crippen LogP contribution in [0.2, 0.25) is 0 Å². The average molecular weight is 262 g/mol. The lowest BCUT2D eigenvalue weighted by Gasteiger charge is -2.04. The van der Waals surface area contributed by atoms with Crippen molar-refractivity contribution < 1.29 is 14.3 Å². The topological polar surface area (TPSA) is 64.2 Å². The molecular formula is C14H18N2O3. The number of aryl methyl sites for hydroxylation is 1. The molecule has 0 aliphatic rings. The molecule has 5 nitrogen and oxygen atoms in total. The first-order valence-corrected chi connectivity index (χ1v) is 6.42. The first-order valence-electron chi connectivity index (χ1n) is 6.42. The van der Waals surface area contributed by atoms with Crippen molar-refractivity contribution in [2.75, 3.05) is 13.7 Å². The second kappa shape index (κ2) is 5.73. The van der Waals surface area contributed by atoms with Crippen LogP contribution < -0.4 is 4.74 Å². The van der Waals surface area contributed by atoms with Crippen molar-refractivity contribution in [2.45, 2.75) is 26.7 Å². The summed E-state index contributed by atoms with van der Waals surface area (Å²) in [5.41, 5.74) is 2.28. The maximum Gasteiger partial charge on any atom is 0.354 e. The minimum absolute atomic E-state index is 0.353. The molecule has 2 heterocycles. The second-order valence-corrected chi connectivity index (χ2v) is 4.23. The zero-order valence-electron chi connectivity index (χ0n) is 11.4. The highest BCUT2D eigenvalue weighted by Crippen LogP contribution is 2.27. The number of fused-ring (bicyclic) bond motifs is 1. The molecule has 102 valence electrons. The smallest absolute Gasteiger partial charge is 0.354 e. The van der Waals surface area contributed by atoms with Gasteiger partial charge in [0, 0.05) is 11.6 Å². The predicted octanol–water partition coefficient (Wildman–Crippen LogP) is 2.70. The molecular weight excluding hydrogens is 244 g/mol. The van der Waals surface area contributed by atoms with Crippen LogP contribution in [0.4, 0.5) is 0 Å². The Bertz CT molecular complexity index is 590. The van der Waals surface area contributed by atoms with Crippen LogP contribution in [0.15, 0.2) is 12.3 Å². The van der Waals surface area contributed by atoms with Crippen LogP contribution in [0.3, 0.4) is 0 Å². The Labute approximate surface area is 111 Å². The molecule has 0 unspecified atom stereocenters. The van der Waals surface area contributed by atoms with Gasteiger partial charge in [-0.15, -0.1) is 0 Å². The molecule has 0 aromatic carbocycles. The number of hydrogen-bond acceptors (Lipinski definition) is 4. The van der Waals surface area contributed by atoms with Crippen LogP contribution in [-0.4, -0.2) is 29.7 Å². The second-order valence-electron chi connectivity index (χ2n) is 4.23. The summed E-state index contributed by atoms with van der Waals surface area (Å²) < 4.78 is 10.2. The molecule has 0 radical (unpaired) electrons. The summed E-state index contributed by atoms with van der Waals surface area (Å²) >= 11 is 0. The molecule has 2 aromatic rings. The number of methoxy groups -OCH3 is 1. The molecule has 0 atom stereocenters. The van der Waals surface area contributed by atoms with E-state index in [-0.39, 0.29) is 5.97 Å². The summed E-state index contributed by atoms with van der Waals surface area (Å²) in [4.78, 5) is 19.1. The number of carbonyl (C=O) groups is 1. The van der Waals surface area contributed by atoms with E-state index in [0.29, 0.717) is 18.2 Å². The molecule has 2 aromatic heterocycles. The van der Waals surface area contributed by atoms with Crippen LogP contribution >= 0.6 is 0 Å².